The summed E-state index contributed by atoms with van der Waals surface area (Å²) in [5.41, 5.74) is 3.48. The highest BCUT2D eigenvalue weighted by molar-refractivity contribution is 6.05. The first kappa shape index (κ1) is 16.1. The number of rotatable bonds is 4. The van der Waals surface area contributed by atoms with Gasteiger partial charge < -0.3 is 14.5 Å². The van der Waals surface area contributed by atoms with Crippen LogP contribution in [0, 0.1) is 6.92 Å². The number of nitrogens with one attached hydrogen (secondary N) is 1. The van der Waals surface area contributed by atoms with Gasteiger partial charge >= 0.3 is 0 Å². The topological polar surface area (TPSA) is 51.5 Å². The minimum absolute atomic E-state index is 0.255. The molecule has 0 bridgehead atoms. The molecule has 1 amide bonds. The van der Waals surface area contributed by atoms with Crippen molar-refractivity contribution in [1.82, 2.24) is 0 Å². The maximum atomic E-state index is 12.5. The molecule has 24 heavy (non-hydrogen) atoms. The summed E-state index contributed by atoms with van der Waals surface area (Å²) in [4.78, 5) is 12.5. The van der Waals surface area contributed by atoms with Crippen LogP contribution in [0.5, 0.6) is 5.75 Å². The number of carbonyl (C=O) groups is 1. The van der Waals surface area contributed by atoms with Gasteiger partial charge in [-0.05, 0) is 48.2 Å². The molecule has 0 aliphatic heterocycles. The van der Waals surface area contributed by atoms with Gasteiger partial charge in [0.2, 0.25) is 0 Å². The molecule has 2 aromatic carbocycles. The molecule has 0 aliphatic carbocycles. The lowest BCUT2D eigenvalue weighted by molar-refractivity contribution is 0.0998. The molecular formula is C20H21NO3. The van der Waals surface area contributed by atoms with E-state index in [1.54, 1.807) is 13.2 Å². The standard InChI is InChI=1S/C20H21NO3/c1-12(2)15-11-16(13(3)9-18(15)23-4)21-20(22)19-10-14-7-5-6-8-17(14)24-19/h5-12H,1-4H3,(H,21,22). The quantitative estimate of drug-likeness (QED) is 0.724. The number of hydrogen-bond donors (Lipinski definition) is 1. The van der Waals surface area contributed by atoms with E-state index in [-0.39, 0.29) is 5.91 Å². The van der Waals surface area contributed by atoms with Crippen molar-refractivity contribution >= 4 is 22.6 Å². The largest absolute Gasteiger partial charge is 0.496 e. The fourth-order valence-corrected chi connectivity index (χ4v) is 2.74. The lowest BCUT2D eigenvalue weighted by atomic mass is 9.99. The third-order valence-electron chi connectivity index (χ3n) is 4.10. The number of benzene rings is 2. The number of hydrogen-bond acceptors (Lipinski definition) is 3. The Morgan fingerprint density at radius 3 is 2.58 bits per heavy atom. The number of amides is 1. The van der Waals surface area contributed by atoms with Crippen LogP contribution in [0.1, 0.15) is 41.4 Å². The van der Waals surface area contributed by atoms with Crippen LogP contribution in [0.15, 0.2) is 46.9 Å². The molecule has 4 heteroatoms. The summed E-state index contributed by atoms with van der Waals surface area (Å²) in [5, 5.41) is 3.86. The molecule has 3 aromatic rings. The Morgan fingerprint density at radius 2 is 1.92 bits per heavy atom. The smallest absolute Gasteiger partial charge is 0.291 e. The van der Waals surface area contributed by atoms with Crippen molar-refractivity contribution in [2.75, 3.05) is 12.4 Å². The minimum Gasteiger partial charge on any atom is -0.496 e. The molecule has 0 radical (unpaired) electrons. The minimum atomic E-state index is -0.255. The normalized spacial score (nSPS) is 11.0. The number of aryl methyl sites for hydroxylation is 1. The van der Waals surface area contributed by atoms with E-state index in [0.29, 0.717) is 17.3 Å². The Kier molecular flexibility index (Phi) is 4.30. The molecule has 0 spiro atoms. The van der Waals surface area contributed by atoms with Crippen LogP contribution in [0.2, 0.25) is 0 Å². The second-order valence-electron chi connectivity index (χ2n) is 6.17. The Hall–Kier alpha value is -2.75. The van der Waals surface area contributed by atoms with Crippen LogP contribution < -0.4 is 10.1 Å². The van der Waals surface area contributed by atoms with Crippen LogP contribution in [-0.4, -0.2) is 13.0 Å². The van der Waals surface area contributed by atoms with Crippen LogP contribution in [0.4, 0.5) is 5.69 Å². The van der Waals surface area contributed by atoms with Crippen molar-refractivity contribution in [3.8, 4) is 5.75 Å². The predicted octanol–water partition coefficient (Wildman–Crippen LogP) is 5.13. The third kappa shape index (κ3) is 3.00. The van der Waals surface area contributed by atoms with E-state index in [4.69, 9.17) is 9.15 Å². The maximum absolute atomic E-state index is 12.5. The van der Waals surface area contributed by atoms with Crippen molar-refractivity contribution in [2.45, 2.75) is 26.7 Å². The van der Waals surface area contributed by atoms with Gasteiger partial charge in [-0.2, -0.15) is 0 Å². The first-order chi connectivity index (χ1) is 11.5. The van der Waals surface area contributed by atoms with Crippen LogP contribution >= 0.6 is 0 Å². The monoisotopic (exact) mass is 323 g/mol. The molecule has 0 saturated heterocycles. The van der Waals surface area contributed by atoms with Crippen molar-refractivity contribution in [3.05, 3.63) is 59.4 Å². The van der Waals surface area contributed by atoms with Crippen LogP contribution in [0.25, 0.3) is 11.0 Å². The summed E-state index contributed by atoms with van der Waals surface area (Å²) in [7, 11) is 1.66. The zero-order chi connectivity index (χ0) is 17.3. The van der Waals surface area contributed by atoms with Gasteiger partial charge in [0.15, 0.2) is 5.76 Å². The van der Waals surface area contributed by atoms with E-state index in [2.05, 4.69) is 19.2 Å². The van der Waals surface area contributed by atoms with Crippen molar-refractivity contribution < 1.29 is 13.9 Å². The molecule has 0 unspecified atom stereocenters. The summed E-state index contributed by atoms with van der Waals surface area (Å²) in [6.45, 7) is 6.14. The summed E-state index contributed by atoms with van der Waals surface area (Å²) in [6, 6.07) is 13.3. The SMILES string of the molecule is COc1cc(C)c(NC(=O)c2cc3ccccc3o2)cc1C(C)C. The first-order valence-electron chi connectivity index (χ1n) is 7.98. The van der Waals surface area contributed by atoms with Crippen LogP contribution in [-0.2, 0) is 0 Å². The Balaban J connectivity index is 1.92. The molecular weight excluding hydrogens is 302 g/mol. The lowest BCUT2D eigenvalue weighted by Crippen LogP contribution is -2.12. The molecule has 1 N–H and O–H groups in total. The van der Waals surface area contributed by atoms with Gasteiger partial charge in [-0.25, -0.2) is 0 Å². The number of carbonyl (C=O) groups excluding carboxylic acids is 1. The van der Waals surface area contributed by atoms with E-state index < -0.39 is 0 Å². The first-order valence-corrected chi connectivity index (χ1v) is 7.98. The molecule has 1 heterocycles. The average Bonchev–Trinajstić information content (AvgIpc) is 3.00. The van der Waals surface area contributed by atoms with E-state index in [9.17, 15) is 4.79 Å². The van der Waals surface area contributed by atoms with Crippen molar-refractivity contribution in [2.24, 2.45) is 0 Å². The molecule has 124 valence electrons. The summed E-state index contributed by atoms with van der Waals surface area (Å²) < 4.78 is 11.1. The van der Waals surface area contributed by atoms with Gasteiger partial charge in [-0.1, -0.05) is 32.0 Å². The van der Waals surface area contributed by atoms with Crippen molar-refractivity contribution in [3.63, 3.8) is 0 Å². The van der Waals surface area contributed by atoms with Gasteiger partial charge in [0.05, 0.1) is 7.11 Å². The Morgan fingerprint density at radius 1 is 1.17 bits per heavy atom. The summed E-state index contributed by atoms with van der Waals surface area (Å²) in [5.74, 6) is 1.18. The Labute approximate surface area is 141 Å². The molecule has 3 rings (SSSR count). The molecule has 0 saturated carbocycles. The molecule has 4 nitrogen and oxygen atoms in total. The third-order valence-corrected chi connectivity index (χ3v) is 4.10. The molecule has 0 fully saturated rings. The van der Waals surface area contributed by atoms with Gasteiger partial charge in [-0.3, -0.25) is 4.79 Å². The number of ether oxygens (including phenoxy) is 1. The van der Waals surface area contributed by atoms with Gasteiger partial charge in [0, 0.05) is 11.1 Å². The van der Waals surface area contributed by atoms with E-state index in [1.807, 2.05) is 43.3 Å². The molecule has 0 aliphatic rings. The van der Waals surface area contributed by atoms with Gasteiger partial charge in [0.1, 0.15) is 11.3 Å². The molecule has 1 aromatic heterocycles. The number of para-hydroxylation sites is 1. The molecule has 0 atom stereocenters. The van der Waals surface area contributed by atoms with E-state index >= 15 is 0 Å². The van der Waals surface area contributed by atoms with Crippen molar-refractivity contribution in [1.29, 1.82) is 0 Å². The second-order valence-corrected chi connectivity index (χ2v) is 6.17. The fourth-order valence-electron chi connectivity index (χ4n) is 2.74. The second kappa shape index (κ2) is 6.40. The Bertz CT molecular complexity index is 860. The zero-order valence-corrected chi connectivity index (χ0v) is 14.3. The van der Waals surface area contributed by atoms with Gasteiger partial charge in [0.25, 0.3) is 5.91 Å². The van der Waals surface area contributed by atoms with E-state index in [1.165, 1.54) is 0 Å². The average molecular weight is 323 g/mol. The lowest BCUT2D eigenvalue weighted by Gasteiger charge is -2.16. The predicted molar refractivity (Wildman–Crippen MR) is 96.0 cm³/mol. The summed E-state index contributed by atoms with van der Waals surface area (Å²) >= 11 is 0. The number of anilines is 1. The highest BCUT2D eigenvalue weighted by Crippen LogP contribution is 2.32. The fraction of sp³-hybridized carbons (Fsp3) is 0.250. The van der Waals surface area contributed by atoms with Gasteiger partial charge in [-0.15, -0.1) is 0 Å². The van der Waals surface area contributed by atoms with E-state index in [0.717, 1.165) is 28.0 Å². The zero-order valence-electron chi connectivity index (χ0n) is 14.3. The van der Waals surface area contributed by atoms with Crippen LogP contribution in [0.3, 0.4) is 0 Å². The highest BCUT2D eigenvalue weighted by atomic mass is 16.5. The highest BCUT2D eigenvalue weighted by Gasteiger charge is 2.16. The summed E-state index contributed by atoms with van der Waals surface area (Å²) in [6.07, 6.45) is 0. The maximum Gasteiger partial charge on any atom is 0.291 e. The number of fused-ring (bicyclic) bond motifs is 1. The number of methoxy groups -OCH3 is 1. The number of furan rings is 1.